The van der Waals surface area contributed by atoms with E-state index in [0.717, 1.165) is 91.4 Å². The molecule has 83 heavy (non-hydrogen) atoms. The number of rotatable bonds is 13. The summed E-state index contributed by atoms with van der Waals surface area (Å²) >= 11 is 0. The Labute approximate surface area is 507 Å². The molecule has 0 spiro atoms. The van der Waals surface area contributed by atoms with Crippen LogP contribution in [0.5, 0.6) is 0 Å². The maximum atomic E-state index is 7.08. The largest absolute Gasteiger partial charge is 0.374 e. The van der Waals surface area contributed by atoms with Gasteiger partial charge in [-0.1, -0.05) is 168 Å². The summed E-state index contributed by atoms with van der Waals surface area (Å²) in [6, 6.07) is 2.49. The van der Waals surface area contributed by atoms with Gasteiger partial charge in [-0.05, 0) is 267 Å². The van der Waals surface area contributed by atoms with Crippen molar-refractivity contribution in [1.82, 2.24) is 9.80 Å². The molecule has 0 aromatic carbocycles. The van der Waals surface area contributed by atoms with Crippen LogP contribution in [0.1, 0.15) is 245 Å². The van der Waals surface area contributed by atoms with E-state index >= 15 is 0 Å². The monoisotopic (exact) mass is 1120 g/mol. The Morgan fingerprint density at radius 3 is 2.08 bits per heavy atom. The third-order valence-corrected chi connectivity index (χ3v) is 27.2. The van der Waals surface area contributed by atoms with Gasteiger partial charge in [0.15, 0.2) is 0 Å². The second-order valence-corrected chi connectivity index (χ2v) is 31.8. The third kappa shape index (κ3) is 11.2. The Balaban J connectivity index is 0.773. The summed E-state index contributed by atoms with van der Waals surface area (Å²) in [7, 11) is 0. The van der Waals surface area contributed by atoms with Crippen molar-refractivity contribution < 1.29 is 4.74 Å². The average molecular weight is 1120 g/mol. The van der Waals surface area contributed by atoms with E-state index in [4.69, 9.17) is 4.74 Å². The number of ether oxygens (including phenoxy) is 1. The van der Waals surface area contributed by atoms with Crippen LogP contribution in [0.25, 0.3) is 0 Å². The van der Waals surface area contributed by atoms with Crippen molar-refractivity contribution in [2.45, 2.75) is 282 Å². The molecule has 0 amide bonds. The molecular weight excluding hydrogens is 1000 g/mol. The van der Waals surface area contributed by atoms with Crippen molar-refractivity contribution in [1.29, 1.82) is 0 Å². The van der Waals surface area contributed by atoms with Gasteiger partial charge in [-0.25, -0.2) is 0 Å². The molecule has 12 atom stereocenters. The van der Waals surface area contributed by atoms with Crippen molar-refractivity contribution in [2.24, 2.45) is 81.8 Å². The molecule has 0 bridgehead atoms. The van der Waals surface area contributed by atoms with Gasteiger partial charge in [0.2, 0.25) is 0 Å². The minimum absolute atomic E-state index is 0.241. The van der Waals surface area contributed by atoms with Crippen molar-refractivity contribution in [3.63, 3.8) is 0 Å². The maximum absolute atomic E-state index is 7.08. The highest BCUT2D eigenvalue weighted by Crippen LogP contribution is 2.72. The molecule has 450 valence electrons. The van der Waals surface area contributed by atoms with E-state index in [1.807, 2.05) is 16.8 Å². The Bertz CT molecular complexity index is 2630. The molecule has 1 heterocycles. The van der Waals surface area contributed by atoms with E-state index in [2.05, 4.69) is 123 Å². The summed E-state index contributed by atoms with van der Waals surface area (Å²) in [5.74, 6) is 9.59. The molecule has 6 saturated carbocycles. The molecule has 6 fully saturated rings. The predicted molar refractivity (Wildman–Crippen MR) is 348 cm³/mol. The van der Waals surface area contributed by atoms with Crippen molar-refractivity contribution in [3.8, 4) is 0 Å². The number of fused-ring (bicyclic) bond motifs is 5. The highest BCUT2D eigenvalue weighted by atomic mass is 16.5. The Kier molecular flexibility index (Phi) is 17.1. The van der Waals surface area contributed by atoms with Gasteiger partial charge in [-0.3, -0.25) is 0 Å². The topological polar surface area (TPSA) is 15.7 Å². The average Bonchev–Trinajstić information content (AvgIpc) is 4.03. The molecule has 13 aliphatic carbocycles. The first-order valence-electron chi connectivity index (χ1n) is 36.4. The molecule has 14 rings (SSSR count). The standard InChI is InChI=1S/C80H114N2O/c1-6-55-22-26-59(27-23-55)61-32-46-77-72(50-61)73-51-62(33-47-78(73)82(77)64-18-12-9-13-19-64)60-30-38-66(39-31-60)81(65-36-28-58(29-37-65)57-16-10-8-11-17-57)67-40-45-71-70-20-14-15-21-74(70)80(75(71)52-67,76-53-79(4,5)49-48-54(76)3)63-34-43-69(44-35-63)83-68-41-24-56(7-2)25-42-68/h6-7,9,12-13,18,24,34,48-52,54-55,57-61,64-66,68-71,74-77H,1-2,8,10-11,14-17,19-23,25-33,35-47,53H2,3-5H3. The normalized spacial score (nSPS) is 42.7. The van der Waals surface area contributed by atoms with Gasteiger partial charge >= 0.3 is 0 Å². The zero-order valence-electron chi connectivity index (χ0n) is 52.9. The van der Waals surface area contributed by atoms with Crippen LogP contribution in [0.4, 0.5) is 0 Å². The summed E-state index contributed by atoms with van der Waals surface area (Å²) in [6.45, 7) is 16.1. The van der Waals surface area contributed by atoms with Crippen LogP contribution in [0, 0.1) is 81.8 Å². The van der Waals surface area contributed by atoms with Crippen LogP contribution < -0.4 is 0 Å². The summed E-state index contributed by atoms with van der Waals surface area (Å²) in [5, 5.41) is 0. The summed E-state index contributed by atoms with van der Waals surface area (Å²) < 4.78 is 7.08. The SMILES string of the molecule is C=CC1=CCC(OC2CC=C(C3(C4CC(C)(C)C=CC4C)C4C=C(N(C5CCC(C6=CC7=C(CC6)N(C6C=CC=CC6)C6CCC(C8CCC(C=C)CC8)C=C76)CC5)C5CCC(C6CCCCC6)CC5)CCC4C4CCCCC43)CC2)CC1. The molecule has 0 radical (unpaired) electrons. The third-order valence-electron chi connectivity index (χ3n) is 27.2. The lowest BCUT2D eigenvalue weighted by Crippen LogP contribution is -2.50. The summed E-state index contributed by atoms with van der Waals surface area (Å²) in [5.41, 5.74) is 12.7. The van der Waals surface area contributed by atoms with E-state index in [-0.39, 0.29) is 10.8 Å². The van der Waals surface area contributed by atoms with Gasteiger partial charge in [0.05, 0.1) is 24.3 Å². The first-order chi connectivity index (χ1) is 40.6. The first kappa shape index (κ1) is 57.4. The molecule has 0 aromatic heterocycles. The van der Waals surface area contributed by atoms with Crippen molar-refractivity contribution in [3.05, 3.63) is 131 Å². The van der Waals surface area contributed by atoms with E-state index in [0.29, 0.717) is 48.1 Å². The van der Waals surface area contributed by atoms with Crippen LogP contribution in [-0.2, 0) is 4.74 Å². The predicted octanol–water partition coefficient (Wildman–Crippen LogP) is 21.0. The minimum atomic E-state index is 0.241. The van der Waals surface area contributed by atoms with Gasteiger partial charge in [0, 0.05) is 28.9 Å². The second-order valence-electron chi connectivity index (χ2n) is 31.8. The molecule has 14 aliphatic rings. The number of hydrogen-bond donors (Lipinski definition) is 0. The van der Waals surface area contributed by atoms with E-state index in [9.17, 15) is 0 Å². The lowest BCUT2D eigenvalue weighted by Gasteiger charge is -2.56. The zero-order chi connectivity index (χ0) is 56.2. The Morgan fingerprint density at radius 2 is 1.36 bits per heavy atom. The highest BCUT2D eigenvalue weighted by Gasteiger charge is 2.65. The van der Waals surface area contributed by atoms with Crippen molar-refractivity contribution in [2.75, 3.05) is 0 Å². The van der Waals surface area contributed by atoms with Gasteiger partial charge in [-0.15, -0.1) is 6.58 Å². The quantitative estimate of drug-likeness (QED) is 0.171. The second kappa shape index (κ2) is 24.7. The highest BCUT2D eigenvalue weighted by molar-refractivity contribution is 5.56. The first-order valence-corrected chi connectivity index (χ1v) is 36.4. The Hall–Kier alpha value is -3.30. The molecule has 1 aliphatic heterocycles. The smallest absolute Gasteiger partial charge is 0.0616 e. The maximum Gasteiger partial charge on any atom is 0.0616 e. The van der Waals surface area contributed by atoms with Crippen LogP contribution in [0.2, 0.25) is 0 Å². The molecule has 0 N–H and O–H groups in total. The molecular formula is C80H114N2O. The molecule has 0 saturated heterocycles. The number of hydrogen-bond acceptors (Lipinski definition) is 3. The van der Waals surface area contributed by atoms with E-state index in [1.54, 1.807) is 16.8 Å². The zero-order valence-corrected chi connectivity index (χ0v) is 52.9. The van der Waals surface area contributed by atoms with Gasteiger partial charge in [0.25, 0.3) is 0 Å². The Morgan fingerprint density at radius 1 is 0.627 bits per heavy atom. The van der Waals surface area contributed by atoms with Gasteiger partial charge < -0.3 is 14.5 Å². The molecule has 0 aromatic rings. The fourth-order valence-electron chi connectivity index (χ4n) is 23.1. The lowest BCUT2D eigenvalue weighted by molar-refractivity contribution is -0.0279. The number of allylic oxidation sites excluding steroid dienone is 14. The van der Waals surface area contributed by atoms with Gasteiger partial charge in [-0.2, -0.15) is 0 Å². The summed E-state index contributed by atoms with van der Waals surface area (Å²) in [6.07, 6.45) is 81.9. The van der Waals surface area contributed by atoms with Crippen LogP contribution in [0.3, 0.4) is 0 Å². The minimum Gasteiger partial charge on any atom is -0.374 e. The van der Waals surface area contributed by atoms with E-state index < -0.39 is 0 Å². The summed E-state index contributed by atoms with van der Waals surface area (Å²) in [4.78, 5) is 6.28. The lowest BCUT2D eigenvalue weighted by atomic mass is 9.49. The van der Waals surface area contributed by atoms with Crippen LogP contribution in [0.15, 0.2) is 131 Å². The van der Waals surface area contributed by atoms with Gasteiger partial charge in [0.1, 0.15) is 0 Å². The van der Waals surface area contributed by atoms with Crippen molar-refractivity contribution >= 4 is 0 Å². The number of nitrogens with zero attached hydrogens (tertiary/aromatic N) is 2. The molecule has 3 nitrogen and oxygen atoms in total. The van der Waals surface area contributed by atoms with Crippen LogP contribution >= 0.6 is 0 Å². The van der Waals surface area contributed by atoms with Crippen LogP contribution in [-0.4, -0.2) is 46.2 Å². The molecule has 3 heteroatoms. The molecule has 12 unspecified atom stereocenters. The fourth-order valence-corrected chi connectivity index (χ4v) is 23.1. The fraction of sp³-hybridized carbons (Fsp3) is 0.725. The van der Waals surface area contributed by atoms with E-state index in [1.165, 1.54) is 198 Å².